The van der Waals surface area contributed by atoms with E-state index < -0.39 is 5.92 Å². The van der Waals surface area contributed by atoms with Gasteiger partial charge in [0, 0.05) is 30.5 Å². The van der Waals surface area contributed by atoms with Gasteiger partial charge in [0.2, 0.25) is 0 Å². The van der Waals surface area contributed by atoms with Crippen LogP contribution in [-0.2, 0) is 9.59 Å². The zero-order valence-corrected chi connectivity index (χ0v) is 10.7. The standard InChI is InChI=1S/C15H17NO3/c16-12-5-2-1-4-10(12)15(19)9-8-11-13(17)6-3-7-14(11)18/h1-2,4-5,11H,3,6-9,16H2. The SMILES string of the molecule is Nc1ccccc1C(=O)CCC1C(=O)CCCC1=O. The van der Waals surface area contributed by atoms with Gasteiger partial charge >= 0.3 is 0 Å². The number of carbonyl (C=O) groups excluding carboxylic acids is 3. The third-order valence-corrected chi connectivity index (χ3v) is 3.54. The molecule has 2 rings (SSSR count). The highest BCUT2D eigenvalue weighted by Crippen LogP contribution is 2.23. The van der Waals surface area contributed by atoms with E-state index in [0.717, 1.165) is 0 Å². The summed E-state index contributed by atoms with van der Waals surface area (Å²) in [4.78, 5) is 35.3. The molecule has 1 aromatic rings. The number of hydrogen-bond donors (Lipinski definition) is 1. The van der Waals surface area contributed by atoms with Crippen LogP contribution in [0.25, 0.3) is 0 Å². The fourth-order valence-corrected chi connectivity index (χ4v) is 2.45. The third-order valence-electron chi connectivity index (χ3n) is 3.54. The Labute approximate surface area is 112 Å². The number of ketones is 3. The molecule has 1 aromatic carbocycles. The first-order chi connectivity index (χ1) is 9.09. The minimum Gasteiger partial charge on any atom is -0.398 e. The lowest BCUT2D eigenvalue weighted by molar-refractivity contribution is -0.135. The smallest absolute Gasteiger partial charge is 0.164 e. The fraction of sp³-hybridized carbons (Fsp3) is 0.400. The molecule has 1 aliphatic carbocycles. The highest BCUT2D eigenvalue weighted by Gasteiger charge is 2.30. The highest BCUT2D eigenvalue weighted by molar-refractivity contribution is 6.05. The second-order valence-corrected chi connectivity index (χ2v) is 4.89. The zero-order chi connectivity index (χ0) is 13.8. The molecule has 0 bridgehead atoms. The Morgan fingerprint density at radius 2 is 1.79 bits per heavy atom. The Bertz CT molecular complexity index is 506. The number of nitrogen functional groups attached to an aromatic ring is 1. The van der Waals surface area contributed by atoms with Crippen molar-refractivity contribution in [1.29, 1.82) is 0 Å². The highest BCUT2D eigenvalue weighted by atomic mass is 16.2. The summed E-state index contributed by atoms with van der Waals surface area (Å²) in [5.41, 5.74) is 6.64. The number of Topliss-reactive ketones (excluding diaryl/α,β-unsaturated/α-hetero) is 3. The Morgan fingerprint density at radius 1 is 1.16 bits per heavy atom. The van der Waals surface area contributed by atoms with Crippen molar-refractivity contribution in [2.45, 2.75) is 32.1 Å². The molecule has 0 radical (unpaired) electrons. The van der Waals surface area contributed by atoms with Gasteiger partial charge in [0.1, 0.15) is 11.6 Å². The van der Waals surface area contributed by atoms with Crippen molar-refractivity contribution >= 4 is 23.0 Å². The minimum atomic E-state index is -0.581. The fourth-order valence-electron chi connectivity index (χ4n) is 2.45. The summed E-state index contributed by atoms with van der Waals surface area (Å²) in [6, 6.07) is 6.85. The van der Waals surface area contributed by atoms with E-state index in [4.69, 9.17) is 5.73 Å². The Hall–Kier alpha value is -1.97. The molecule has 4 heteroatoms. The molecular formula is C15H17NO3. The second-order valence-electron chi connectivity index (χ2n) is 4.89. The van der Waals surface area contributed by atoms with Crippen molar-refractivity contribution in [1.82, 2.24) is 0 Å². The van der Waals surface area contributed by atoms with Gasteiger partial charge in [-0.1, -0.05) is 12.1 Å². The van der Waals surface area contributed by atoms with Gasteiger partial charge < -0.3 is 5.73 Å². The Morgan fingerprint density at radius 3 is 2.42 bits per heavy atom. The normalized spacial score (nSPS) is 16.6. The maximum Gasteiger partial charge on any atom is 0.164 e. The molecule has 2 N–H and O–H groups in total. The van der Waals surface area contributed by atoms with Crippen molar-refractivity contribution in [3.63, 3.8) is 0 Å². The molecule has 0 amide bonds. The van der Waals surface area contributed by atoms with Gasteiger partial charge in [-0.3, -0.25) is 14.4 Å². The molecule has 0 heterocycles. The van der Waals surface area contributed by atoms with E-state index in [1.54, 1.807) is 24.3 Å². The predicted molar refractivity (Wildman–Crippen MR) is 71.8 cm³/mol. The van der Waals surface area contributed by atoms with Gasteiger partial charge in [-0.05, 0) is 25.0 Å². The van der Waals surface area contributed by atoms with Crippen LogP contribution in [0, 0.1) is 5.92 Å². The summed E-state index contributed by atoms with van der Waals surface area (Å²) in [6.45, 7) is 0. The van der Waals surface area contributed by atoms with E-state index in [0.29, 0.717) is 36.9 Å². The van der Waals surface area contributed by atoms with Crippen molar-refractivity contribution in [3.8, 4) is 0 Å². The first kappa shape index (κ1) is 13.5. The monoisotopic (exact) mass is 259 g/mol. The van der Waals surface area contributed by atoms with E-state index in [-0.39, 0.29) is 23.8 Å². The quantitative estimate of drug-likeness (QED) is 0.510. The van der Waals surface area contributed by atoms with Crippen LogP contribution < -0.4 is 5.73 Å². The third kappa shape index (κ3) is 3.08. The van der Waals surface area contributed by atoms with Gasteiger partial charge in [0.15, 0.2) is 5.78 Å². The Balaban J connectivity index is 1.99. The number of rotatable bonds is 4. The van der Waals surface area contributed by atoms with E-state index in [1.807, 2.05) is 0 Å². The summed E-state index contributed by atoms with van der Waals surface area (Å²) in [5, 5.41) is 0. The average Bonchev–Trinajstić information content (AvgIpc) is 2.38. The molecule has 0 aliphatic heterocycles. The largest absolute Gasteiger partial charge is 0.398 e. The summed E-state index contributed by atoms with van der Waals surface area (Å²) < 4.78 is 0. The average molecular weight is 259 g/mol. The zero-order valence-electron chi connectivity index (χ0n) is 10.7. The lowest BCUT2D eigenvalue weighted by Crippen LogP contribution is -2.29. The van der Waals surface area contributed by atoms with Crippen LogP contribution in [0.1, 0.15) is 42.5 Å². The van der Waals surface area contributed by atoms with Crippen molar-refractivity contribution in [3.05, 3.63) is 29.8 Å². The van der Waals surface area contributed by atoms with Gasteiger partial charge in [0.05, 0.1) is 5.92 Å². The summed E-state index contributed by atoms with van der Waals surface area (Å²) in [5.74, 6) is -0.734. The van der Waals surface area contributed by atoms with Gasteiger partial charge in [-0.25, -0.2) is 0 Å². The van der Waals surface area contributed by atoms with Gasteiger partial charge in [-0.15, -0.1) is 0 Å². The van der Waals surface area contributed by atoms with Crippen LogP contribution in [-0.4, -0.2) is 17.3 Å². The number of benzene rings is 1. The maximum atomic E-state index is 12.0. The molecule has 0 aromatic heterocycles. The molecule has 4 nitrogen and oxygen atoms in total. The lowest BCUT2D eigenvalue weighted by atomic mass is 9.83. The van der Waals surface area contributed by atoms with Crippen LogP contribution in [0.3, 0.4) is 0 Å². The van der Waals surface area contributed by atoms with Gasteiger partial charge in [-0.2, -0.15) is 0 Å². The van der Waals surface area contributed by atoms with Crippen LogP contribution >= 0.6 is 0 Å². The van der Waals surface area contributed by atoms with Crippen LogP contribution in [0.5, 0.6) is 0 Å². The molecule has 0 unspecified atom stereocenters. The maximum absolute atomic E-state index is 12.0. The molecule has 1 aliphatic rings. The number of carbonyl (C=O) groups is 3. The first-order valence-electron chi connectivity index (χ1n) is 6.52. The van der Waals surface area contributed by atoms with E-state index in [9.17, 15) is 14.4 Å². The van der Waals surface area contributed by atoms with Crippen molar-refractivity contribution in [2.24, 2.45) is 5.92 Å². The number of para-hydroxylation sites is 1. The summed E-state index contributed by atoms with van der Waals surface area (Å²) in [6.07, 6.45) is 2.06. The van der Waals surface area contributed by atoms with Crippen LogP contribution in [0.4, 0.5) is 5.69 Å². The predicted octanol–water partition coefficient (Wildman–Crippen LogP) is 2.17. The molecule has 100 valence electrons. The summed E-state index contributed by atoms with van der Waals surface area (Å²) in [7, 11) is 0. The van der Waals surface area contributed by atoms with Crippen LogP contribution in [0.15, 0.2) is 24.3 Å². The molecule has 0 spiro atoms. The van der Waals surface area contributed by atoms with Gasteiger partial charge in [0.25, 0.3) is 0 Å². The van der Waals surface area contributed by atoms with E-state index >= 15 is 0 Å². The topological polar surface area (TPSA) is 77.2 Å². The molecular weight excluding hydrogens is 242 g/mol. The second kappa shape index (κ2) is 5.78. The minimum absolute atomic E-state index is 0.0231. The number of anilines is 1. The van der Waals surface area contributed by atoms with E-state index in [2.05, 4.69) is 0 Å². The van der Waals surface area contributed by atoms with E-state index in [1.165, 1.54) is 0 Å². The first-order valence-corrected chi connectivity index (χ1v) is 6.52. The van der Waals surface area contributed by atoms with Crippen molar-refractivity contribution < 1.29 is 14.4 Å². The molecule has 1 saturated carbocycles. The lowest BCUT2D eigenvalue weighted by Gasteiger charge is -2.18. The molecule has 1 fully saturated rings. The molecule has 0 saturated heterocycles. The van der Waals surface area contributed by atoms with Crippen molar-refractivity contribution in [2.75, 3.05) is 5.73 Å². The van der Waals surface area contributed by atoms with Crippen LogP contribution in [0.2, 0.25) is 0 Å². The summed E-state index contributed by atoms with van der Waals surface area (Å²) >= 11 is 0. The number of nitrogens with two attached hydrogens (primary N) is 1. The Kier molecular flexibility index (Phi) is 4.10. The molecule has 0 atom stereocenters. The molecule has 19 heavy (non-hydrogen) atoms. The number of hydrogen-bond acceptors (Lipinski definition) is 4.